The lowest BCUT2D eigenvalue weighted by molar-refractivity contribution is -0.123. The molecule has 140 valence electrons. The van der Waals surface area contributed by atoms with Crippen LogP contribution < -0.4 is 20.1 Å². The second-order valence-electron chi connectivity index (χ2n) is 6.49. The lowest BCUT2D eigenvalue weighted by Gasteiger charge is -2.24. The molecule has 2 aromatic carbocycles. The normalized spacial score (nSPS) is 17.0. The fourth-order valence-electron chi connectivity index (χ4n) is 3.36. The second kappa shape index (κ2) is 6.65. The number of rotatable bonds is 3. The van der Waals surface area contributed by atoms with Gasteiger partial charge in [0.1, 0.15) is 0 Å². The Morgan fingerprint density at radius 1 is 1.18 bits per heavy atom. The van der Waals surface area contributed by atoms with Crippen molar-refractivity contribution in [3.05, 3.63) is 53.4 Å². The van der Waals surface area contributed by atoms with Crippen LogP contribution in [0, 0.1) is 0 Å². The number of hydrogen-bond acceptors (Lipinski definition) is 6. The van der Waals surface area contributed by atoms with Gasteiger partial charge in [-0.05, 0) is 29.8 Å². The summed E-state index contributed by atoms with van der Waals surface area (Å²) in [5.74, 6) is 0.443. The zero-order valence-corrected chi connectivity index (χ0v) is 15.4. The van der Waals surface area contributed by atoms with E-state index in [0.717, 1.165) is 16.8 Å². The molecular weight excluding hydrogens is 378 g/mol. The van der Waals surface area contributed by atoms with Crippen LogP contribution in [-0.4, -0.2) is 23.6 Å². The first-order valence-corrected chi connectivity index (χ1v) is 9.60. The van der Waals surface area contributed by atoms with Crippen LogP contribution >= 0.6 is 11.3 Å². The Balaban J connectivity index is 1.36. The van der Waals surface area contributed by atoms with E-state index in [1.54, 1.807) is 6.07 Å². The van der Waals surface area contributed by atoms with Crippen molar-refractivity contribution in [2.75, 3.05) is 17.4 Å². The van der Waals surface area contributed by atoms with Gasteiger partial charge < -0.3 is 20.1 Å². The summed E-state index contributed by atoms with van der Waals surface area (Å²) in [6.07, 6.45) is 0.114. The van der Waals surface area contributed by atoms with Crippen molar-refractivity contribution in [3.8, 4) is 22.8 Å². The lowest BCUT2D eigenvalue weighted by atomic mass is 9.90. The Labute approximate surface area is 164 Å². The first-order chi connectivity index (χ1) is 13.7. The number of carbonyl (C=O) groups is 2. The Morgan fingerprint density at radius 3 is 2.96 bits per heavy atom. The number of amides is 2. The molecule has 0 spiro atoms. The lowest BCUT2D eigenvalue weighted by Crippen LogP contribution is -2.30. The molecule has 1 unspecified atom stereocenters. The molecule has 8 heteroatoms. The first kappa shape index (κ1) is 16.8. The number of carbonyl (C=O) groups excluding carboxylic acids is 2. The predicted molar refractivity (Wildman–Crippen MR) is 105 cm³/mol. The summed E-state index contributed by atoms with van der Waals surface area (Å²) in [5, 5.41) is 8.01. The fourth-order valence-corrected chi connectivity index (χ4v) is 4.08. The monoisotopic (exact) mass is 393 g/mol. The van der Waals surface area contributed by atoms with Crippen LogP contribution in [0.1, 0.15) is 17.9 Å². The molecule has 0 aliphatic carbocycles. The molecule has 1 aromatic heterocycles. The maximum atomic E-state index is 12.8. The highest BCUT2D eigenvalue weighted by atomic mass is 32.1. The Bertz CT molecular complexity index is 1090. The minimum Gasteiger partial charge on any atom is -0.454 e. The van der Waals surface area contributed by atoms with E-state index in [-0.39, 0.29) is 25.0 Å². The topological polar surface area (TPSA) is 89.6 Å². The number of para-hydroxylation sites is 1. The van der Waals surface area contributed by atoms with Gasteiger partial charge in [-0.2, -0.15) is 0 Å². The quantitative estimate of drug-likeness (QED) is 0.710. The summed E-state index contributed by atoms with van der Waals surface area (Å²) in [6, 6.07) is 13.0. The van der Waals surface area contributed by atoms with Crippen LogP contribution in [0.3, 0.4) is 0 Å². The molecule has 2 aliphatic rings. The molecule has 5 rings (SSSR count). The molecule has 2 aliphatic heterocycles. The number of fused-ring (bicyclic) bond motifs is 2. The zero-order valence-electron chi connectivity index (χ0n) is 14.6. The van der Waals surface area contributed by atoms with Gasteiger partial charge in [-0.3, -0.25) is 9.59 Å². The van der Waals surface area contributed by atoms with Gasteiger partial charge in [0.05, 0.1) is 11.6 Å². The fraction of sp³-hybridized carbons (Fsp3) is 0.150. The van der Waals surface area contributed by atoms with E-state index >= 15 is 0 Å². The molecule has 7 nitrogen and oxygen atoms in total. The number of nitrogens with zero attached hydrogens (tertiary/aromatic N) is 1. The van der Waals surface area contributed by atoms with Crippen LogP contribution in [0.4, 0.5) is 10.8 Å². The van der Waals surface area contributed by atoms with E-state index in [0.29, 0.717) is 22.3 Å². The van der Waals surface area contributed by atoms with E-state index in [4.69, 9.17) is 9.47 Å². The standard InChI is InChI=1S/C20H15N3O4S/c24-18-8-13(12-3-1-2-4-14(12)21-18)19(25)23-20-22-15(9-28-20)11-5-6-16-17(7-11)27-10-26-16/h1-7,9,13H,8,10H2,(H,21,24)(H,22,23,25). The maximum absolute atomic E-state index is 12.8. The second-order valence-corrected chi connectivity index (χ2v) is 7.35. The first-order valence-electron chi connectivity index (χ1n) is 8.72. The van der Waals surface area contributed by atoms with Crippen molar-refractivity contribution in [1.82, 2.24) is 4.98 Å². The predicted octanol–water partition coefficient (Wildman–Crippen LogP) is 3.60. The number of nitrogens with one attached hydrogen (secondary N) is 2. The number of aromatic nitrogens is 1. The highest BCUT2D eigenvalue weighted by Gasteiger charge is 2.30. The summed E-state index contributed by atoms with van der Waals surface area (Å²) in [5.41, 5.74) is 3.11. The average Bonchev–Trinajstić information content (AvgIpc) is 3.35. The van der Waals surface area contributed by atoms with E-state index in [1.807, 2.05) is 41.8 Å². The maximum Gasteiger partial charge on any atom is 0.234 e. The van der Waals surface area contributed by atoms with Crippen LogP contribution in [0.5, 0.6) is 11.5 Å². The van der Waals surface area contributed by atoms with E-state index in [1.165, 1.54) is 11.3 Å². The summed E-state index contributed by atoms with van der Waals surface area (Å²) in [7, 11) is 0. The van der Waals surface area contributed by atoms with Crippen molar-refractivity contribution < 1.29 is 19.1 Å². The van der Waals surface area contributed by atoms with Gasteiger partial charge in [-0.1, -0.05) is 18.2 Å². The molecule has 0 bridgehead atoms. The van der Waals surface area contributed by atoms with Crippen LogP contribution in [0.25, 0.3) is 11.3 Å². The van der Waals surface area contributed by atoms with Gasteiger partial charge >= 0.3 is 0 Å². The molecule has 28 heavy (non-hydrogen) atoms. The number of hydrogen-bond donors (Lipinski definition) is 2. The van der Waals surface area contributed by atoms with E-state index < -0.39 is 5.92 Å². The summed E-state index contributed by atoms with van der Waals surface area (Å²) < 4.78 is 10.7. The molecule has 0 radical (unpaired) electrons. The van der Waals surface area contributed by atoms with Crippen LogP contribution in [0.15, 0.2) is 47.8 Å². The van der Waals surface area contributed by atoms with Gasteiger partial charge in [-0.15, -0.1) is 11.3 Å². The highest BCUT2D eigenvalue weighted by Crippen LogP contribution is 2.37. The Kier molecular flexibility index (Phi) is 3.98. The largest absolute Gasteiger partial charge is 0.454 e. The van der Waals surface area contributed by atoms with Gasteiger partial charge in [0.15, 0.2) is 16.6 Å². The SMILES string of the molecule is O=C1CC(C(=O)Nc2nc(-c3ccc4c(c3)OCO4)cs2)c2ccccc2N1. The molecule has 3 heterocycles. The van der Waals surface area contributed by atoms with Crippen molar-refractivity contribution in [3.63, 3.8) is 0 Å². The van der Waals surface area contributed by atoms with Crippen molar-refractivity contribution in [2.45, 2.75) is 12.3 Å². The molecule has 1 atom stereocenters. The Morgan fingerprint density at radius 2 is 2.04 bits per heavy atom. The molecular formula is C20H15N3O4S. The van der Waals surface area contributed by atoms with Crippen molar-refractivity contribution in [2.24, 2.45) is 0 Å². The number of thiazole rings is 1. The van der Waals surface area contributed by atoms with E-state index in [9.17, 15) is 9.59 Å². The zero-order chi connectivity index (χ0) is 19.1. The third kappa shape index (κ3) is 2.97. The molecule has 2 N–H and O–H groups in total. The van der Waals surface area contributed by atoms with E-state index in [2.05, 4.69) is 15.6 Å². The average molecular weight is 393 g/mol. The molecule has 0 fully saturated rings. The molecule has 2 amide bonds. The third-order valence-corrected chi connectivity index (χ3v) is 5.48. The van der Waals surface area contributed by atoms with Crippen LogP contribution in [-0.2, 0) is 9.59 Å². The number of anilines is 2. The molecule has 0 saturated heterocycles. The highest BCUT2D eigenvalue weighted by molar-refractivity contribution is 7.14. The van der Waals surface area contributed by atoms with Gasteiger partial charge in [0.25, 0.3) is 0 Å². The smallest absolute Gasteiger partial charge is 0.234 e. The summed E-state index contributed by atoms with van der Waals surface area (Å²) in [4.78, 5) is 29.3. The minimum absolute atomic E-state index is 0.114. The van der Waals surface area contributed by atoms with Gasteiger partial charge in [0.2, 0.25) is 18.6 Å². The van der Waals surface area contributed by atoms with Crippen LogP contribution in [0.2, 0.25) is 0 Å². The Hall–Kier alpha value is -3.39. The molecule has 3 aromatic rings. The minimum atomic E-state index is -0.539. The number of benzene rings is 2. The summed E-state index contributed by atoms with van der Waals surface area (Å²) >= 11 is 1.34. The third-order valence-electron chi connectivity index (χ3n) is 4.72. The molecule has 0 saturated carbocycles. The van der Waals surface area contributed by atoms with Gasteiger partial charge in [-0.25, -0.2) is 4.98 Å². The van der Waals surface area contributed by atoms with Crippen molar-refractivity contribution >= 4 is 34.0 Å². The summed E-state index contributed by atoms with van der Waals surface area (Å²) in [6.45, 7) is 0.216. The number of ether oxygens (including phenoxy) is 2. The van der Waals surface area contributed by atoms with Crippen molar-refractivity contribution in [1.29, 1.82) is 0 Å². The van der Waals surface area contributed by atoms with Gasteiger partial charge in [0, 0.05) is 23.1 Å².